The molecule has 2 saturated heterocycles. The van der Waals surface area contributed by atoms with Crippen molar-refractivity contribution in [3.8, 4) is 0 Å². The number of nitrogens with zero attached hydrogens (tertiary/aromatic N) is 3. The van der Waals surface area contributed by atoms with Crippen LogP contribution in [0.4, 0.5) is 13.2 Å². The molecule has 12 heteroatoms. The molecule has 174 valence electrons. The highest BCUT2D eigenvalue weighted by Crippen LogP contribution is 2.43. The van der Waals surface area contributed by atoms with Crippen molar-refractivity contribution < 1.29 is 22.8 Å². The summed E-state index contributed by atoms with van der Waals surface area (Å²) in [6.45, 7) is 1.79. The van der Waals surface area contributed by atoms with Crippen LogP contribution in [0.25, 0.3) is 10.1 Å². The van der Waals surface area contributed by atoms with Crippen molar-refractivity contribution in [2.45, 2.75) is 24.7 Å². The number of thiazole rings is 1. The number of amides is 2. The first-order chi connectivity index (χ1) is 15.7. The number of carbonyl (C=O) groups is 2. The Morgan fingerprint density at radius 3 is 2.58 bits per heavy atom. The van der Waals surface area contributed by atoms with E-state index in [1.807, 2.05) is 0 Å². The first-order valence-electron chi connectivity index (χ1n) is 10.2. The number of nitrogens with one attached hydrogen (secondary N) is 1. The van der Waals surface area contributed by atoms with E-state index in [1.54, 1.807) is 15.8 Å². The molecule has 5 rings (SSSR count). The summed E-state index contributed by atoms with van der Waals surface area (Å²) in [5.74, 6) is -0.722. The van der Waals surface area contributed by atoms with Gasteiger partial charge in [-0.15, -0.1) is 22.7 Å². The van der Waals surface area contributed by atoms with Crippen LogP contribution in [0.1, 0.15) is 32.1 Å². The fourth-order valence-electron chi connectivity index (χ4n) is 4.29. The Kier molecular flexibility index (Phi) is 5.84. The van der Waals surface area contributed by atoms with Gasteiger partial charge in [-0.25, -0.2) is 4.98 Å². The third kappa shape index (κ3) is 4.34. The zero-order valence-corrected chi connectivity index (χ0v) is 19.5. The van der Waals surface area contributed by atoms with Gasteiger partial charge in [-0.05, 0) is 24.6 Å². The first kappa shape index (κ1) is 22.6. The number of benzene rings is 1. The summed E-state index contributed by atoms with van der Waals surface area (Å²) in [5.41, 5.74) is 1.14. The summed E-state index contributed by atoms with van der Waals surface area (Å²) in [5, 5.41) is 5.28. The lowest BCUT2D eigenvalue weighted by Gasteiger charge is -2.41. The Morgan fingerprint density at radius 1 is 1.12 bits per heavy atom. The van der Waals surface area contributed by atoms with E-state index in [4.69, 9.17) is 11.6 Å². The van der Waals surface area contributed by atoms with E-state index in [2.05, 4.69) is 10.3 Å². The van der Waals surface area contributed by atoms with Crippen molar-refractivity contribution in [1.29, 1.82) is 0 Å². The highest BCUT2D eigenvalue weighted by Gasteiger charge is 2.42. The molecule has 0 aliphatic carbocycles. The van der Waals surface area contributed by atoms with Gasteiger partial charge in [0, 0.05) is 58.8 Å². The summed E-state index contributed by atoms with van der Waals surface area (Å²) >= 11 is 8.11. The summed E-state index contributed by atoms with van der Waals surface area (Å²) < 4.78 is 41.7. The molecule has 33 heavy (non-hydrogen) atoms. The molecular weight excluding hydrogens is 497 g/mol. The van der Waals surface area contributed by atoms with Gasteiger partial charge in [-0.1, -0.05) is 11.6 Å². The second kappa shape index (κ2) is 8.53. The Bertz CT molecular complexity index is 1210. The van der Waals surface area contributed by atoms with Crippen molar-refractivity contribution in [2.24, 2.45) is 0 Å². The molecule has 1 aromatic carbocycles. The third-order valence-corrected chi connectivity index (χ3v) is 7.88. The number of rotatable bonds is 4. The maximum absolute atomic E-state index is 13.8. The van der Waals surface area contributed by atoms with Crippen LogP contribution < -0.4 is 5.32 Å². The average molecular weight is 515 g/mol. The van der Waals surface area contributed by atoms with Gasteiger partial charge in [0.15, 0.2) is 0 Å². The van der Waals surface area contributed by atoms with Gasteiger partial charge in [-0.3, -0.25) is 9.59 Å². The van der Waals surface area contributed by atoms with E-state index < -0.39 is 17.6 Å². The monoisotopic (exact) mass is 514 g/mol. The number of aromatic nitrogens is 1. The molecule has 0 radical (unpaired) electrons. The summed E-state index contributed by atoms with van der Waals surface area (Å²) in [6.07, 6.45) is -3.89. The van der Waals surface area contributed by atoms with Crippen LogP contribution in [-0.4, -0.2) is 64.9 Å². The van der Waals surface area contributed by atoms with E-state index in [0.717, 1.165) is 17.8 Å². The molecule has 2 amide bonds. The van der Waals surface area contributed by atoms with Crippen molar-refractivity contribution in [2.75, 3.05) is 26.2 Å². The molecule has 2 aliphatic heterocycles. The van der Waals surface area contributed by atoms with E-state index >= 15 is 0 Å². The number of fused-ring (bicyclic) bond motifs is 1. The molecule has 0 unspecified atom stereocenters. The van der Waals surface area contributed by atoms with E-state index in [0.29, 0.717) is 36.6 Å². The van der Waals surface area contributed by atoms with Crippen LogP contribution in [0.15, 0.2) is 29.1 Å². The summed E-state index contributed by atoms with van der Waals surface area (Å²) in [6, 6.07) is 4.33. The lowest BCUT2D eigenvalue weighted by Crippen LogP contribution is -2.62. The number of hydrogen-bond donors (Lipinski definition) is 1. The Morgan fingerprint density at radius 2 is 1.88 bits per heavy atom. The third-order valence-electron chi connectivity index (χ3n) is 5.89. The quantitative estimate of drug-likeness (QED) is 0.562. The summed E-state index contributed by atoms with van der Waals surface area (Å²) in [4.78, 5) is 32.3. The minimum Gasteiger partial charge on any atom is -0.336 e. The number of alkyl halides is 3. The van der Waals surface area contributed by atoms with Gasteiger partial charge in [0.1, 0.15) is 10.6 Å². The Balaban J connectivity index is 1.22. The Labute approximate surface area is 200 Å². The van der Waals surface area contributed by atoms with E-state index in [9.17, 15) is 22.8 Å². The zero-order chi connectivity index (χ0) is 23.3. The van der Waals surface area contributed by atoms with Crippen LogP contribution in [0.2, 0.25) is 5.02 Å². The molecule has 0 spiro atoms. The van der Waals surface area contributed by atoms with Crippen LogP contribution >= 0.6 is 34.3 Å². The molecular formula is C21H18ClF3N4O2S2. The Hall–Kier alpha value is -2.21. The number of halogens is 4. The van der Waals surface area contributed by atoms with Crippen molar-refractivity contribution in [3.63, 3.8) is 0 Å². The molecule has 4 heterocycles. The molecule has 0 saturated carbocycles. The van der Waals surface area contributed by atoms with Crippen LogP contribution in [0.3, 0.4) is 0 Å². The maximum atomic E-state index is 13.8. The largest absolute Gasteiger partial charge is 0.418 e. The van der Waals surface area contributed by atoms with Gasteiger partial charge in [0.2, 0.25) is 0 Å². The average Bonchev–Trinajstić information content (AvgIpc) is 3.47. The van der Waals surface area contributed by atoms with Crippen molar-refractivity contribution in [1.82, 2.24) is 20.1 Å². The number of hydrogen-bond acceptors (Lipinski definition) is 6. The molecule has 2 fully saturated rings. The second-order valence-corrected chi connectivity index (χ2v) is 10.3. The SMILES string of the molecule is O=C(c1cscn1)N1CC[C@H](NC2CN(C(=O)c3sc4ccc(Cl)cc4c3C(F)(F)F)C2)C1. The summed E-state index contributed by atoms with van der Waals surface area (Å²) in [7, 11) is 0. The minimum absolute atomic E-state index is 0.0218. The van der Waals surface area contributed by atoms with Crippen LogP contribution in [0, 0.1) is 0 Å². The van der Waals surface area contributed by atoms with Crippen LogP contribution in [0.5, 0.6) is 0 Å². The highest BCUT2D eigenvalue weighted by atomic mass is 35.5. The van der Waals surface area contributed by atoms with Gasteiger partial charge in [0.25, 0.3) is 11.8 Å². The highest BCUT2D eigenvalue weighted by molar-refractivity contribution is 7.21. The smallest absolute Gasteiger partial charge is 0.336 e. The molecule has 2 aliphatic rings. The van der Waals surface area contributed by atoms with E-state index in [1.165, 1.54) is 34.4 Å². The van der Waals surface area contributed by atoms with Crippen molar-refractivity contribution >= 4 is 56.2 Å². The number of likely N-dealkylation sites (tertiary alicyclic amines) is 2. The normalized spacial score (nSPS) is 19.3. The van der Waals surface area contributed by atoms with Gasteiger partial charge < -0.3 is 15.1 Å². The molecule has 1 N–H and O–H groups in total. The first-order valence-corrected chi connectivity index (χ1v) is 12.4. The van der Waals surface area contributed by atoms with E-state index in [-0.39, 0.29) is 33.3 Å². The number of carbonyl (C=O) groups excluding carboxylic acids is 2. The zero-order valence-electron chi connectivity index (χ0n) is 17.1. The van der Waals surface area contributed by atoms with Gasteiger partial charge in [-0.2, -0.15) is 13.2 Å². The minimum atomic E-state index is -4.66. The standard InChI is InChI=1S/C21H18ClF3N4O2S2/c22-11-1-2-16-14(5-11)17(21(23,24)25)18(33-16)20(31)29-7-13(8-29)27-12-3-4-28(6-12)19(30)15-9-32-10-26-15/h1-2,5,9-10,12-13,27H,3-4,6-8H2/t12-/m0/s1. The van der Waals surface area contributed by atoms with Gasteiger partial charge >= 0.3 is 6.18 Å². The van der Waals surface area contributed by atoms with Crippen molar-refractivity contribution in [3.05, 3.63) is 50.2 Å². The topological polar surface area (TPSA) is 65.5 Å². The second-order valence-electron chi connectivity index (χ2n) is 8.13. The molecule has 0 bridgehead atoms. The molecule has 1 atom stereocenters. The van der Waals surface area contributed by atoms with Gasteiger partial charge in [0.05, 0.1) is 11.1 Å². The lowest BCUT2D eigenvalue weighted by molar-refractivity contribution is -0.136. The fourth-order valence-corrected chi connectivity index (χ4v) is 6.16. The molecule has 2 aromatic heterocycles. The molecule has 6 nitrogen and oxygen atoms in total. The predicted octanol–water partition coefficient (Wildman–Crippen LogP) is 4.36. The lowest BCUT2D eigenvalue weighted by atomic mass is 10.0. The van der Waals surface area contributed by atoms with Crippen LogP contribution in [-0.2, 0) is 6.18 Å². The fraction of sp³-hybridized carbons (Fsp3) is 0.381. The number of thiophene rings is 1. The molecule has 3 aromatic rings. The maximum Gasteiger partial charge on any atom is 0.418 e. The predicted molar refractivity (Wildman–Crippen MR) is 121 cm³/mol.